The quantitative estimate of drug-likeness (QED) is 0.615. The van der Waals surface area contributed by atoms with Crippen LogP contribution in [0.15, 0.2) is 17.1 Å². The van der Waals surface area contributed by atoms with Crippen LogP contribution in [0.5, 0.6) is 0 Å². The molecule has 0 radical (unpaired) electrons. The molecule has 0 aromatic carbocycles. The Morgan fingerprint density at radius 2 is 2.08 bits per heavy atom. The molecule has 10 heteroatoms. The summed E-state index contributed by atoms with van der Waals surface area (Å²) in [5.74, 6) is -1.41. The van der Waals surface area contributed by atoms with Gasteiger partial charge in [-0.2, -0.15) is 0 Å². The lowest BCUT2D eigenvalue weighted by Crippen LogP contribution is -2.32. The summed E-state index contributed by atoms with van der Waals surface area (Å²) in [5, 5.41) is 15.1. The molecule has 0 aliphatic carbocycles. The number of H-pyrrole nitrogens is 1. The van der Waals surface area contributed by atoms with Gasteiger partial charge in [-0.15, -0.1) is 11.3 Å². The van der Waals surface area contributed by atoms with E-state index in [0.717, 1.165) is 11.3 Å². The molecule has 3 rings (SSSR count). The number of carboxylic acid groups (broad SMARTS) is 1. The van der Waals surface area contributed by atoms with E-state index in [1.165, 1.54) is 4.52 Å². The molecular formula is C16H17N5O4S. The van der Waals surface area contributed by atoms with Crippen LogP contribution in [-0.4, -0.2) is 36.6 Å². The Bertz CT molecular complexity index is 1060. The predicted octanol–water partition coefficient (Wildman–Crippen LogP) is 1.21. The monoisotopic (exact) mass is 375 g/mol. The Morgan fingerprint density at radius 1 is 1.35 bits per heavy atom. The van der Waals surface area contributed by atoms with Crippen molar-refractivity contribution in [2.24, 2.45) is 0 Å². The van der Waals surface area contributed by atoms with Gasteiger partial charge in [-0.25, -0.2) is 19.3 Å². The zero-order valence-corrected chi connectivity index (χ0v) is 15.2. The lowest BCUT2D eigenvalue weighted by Gasteiger charge is -2.12. The largest absolute Gasteiger partial charge is 0.477 e. The third-order valence-corrected chi connectivity index (χ3v) is 5.27. The summed E-state index contributed by atoms with van der Waals surface area (Å²) in [5.41, 5.74) is 1.38. The van der Waals surface area contributed by atoms with Crippen molar-refractivity contribution < 1.29 is 14.7 Å². The lowest BCUT2D eigenvalue weighted by atomic mass is 10.1. The molecule has 136 valence electrons. The highest BCUT2D eigenvalue weighted by molar-refractivity contribution is 7.13. The van der Waals surface area contributed by atoms with Crippen LogP contribution in [0.3, 0.4) is 0 Å². The number of carbonyl (C=O) groups is 2. The van der Waals surface area contributed by atoms with E-state index in [4.69, 9.17) is 5.11 Å². The van der Waals surface area contributed by atoms with Crippen molar-refractivity contribution >= 4 is 28.9 Å². The fourth-order valence-electron chi connectivity index (χ4n) is 2.63. The second-order valence-corrected chi connectivity index (χ2v) is 6.91. The Kier molecular flexibility index (Phi) is 4.60. The van der Waals surface area contributed by atoms with E-state index >= 15 is 0 Å². The number of aryl methyl sites for hydroxylation is 2. The van der Waals surface area contributed by atoms with Crippen LogP contribution in [-0.2, 0) is 11.2 Å². The molecule has 0 spiro atoms. The summed E-state index contributed by atoms with van der Waals surface area (Å²) in [7, 11) is 0. The highest BCUT2D eigenvalue weighted by atomic mass is 32.1. The number of rotatable bonds is 5. The fraction of sp³-hybridized carbons (Fsp3) is 0.312. The number of amides is 1. The highest BCUT2D eigenvalue weighted by Crippen LogP contribution is 2.23. The molecule has 0 aliphatic rings. The maximum atomic E-state index is 12.5. The molecule has 0 saturated heterocycles. The van der Waals surface area contributed by atoms with Gasteiger partial charge < -0.3 is 10.4 Å². The van der Waals surface area contributed by atoms with Crippen LogP contribution in [0.4, 0.5) is 0 Å². The number of nitrogens with zero attached hydrogens (tertiary/aromatic N) is 3. The summed E-state index contributed by atoms with van der Waals surface area (Å²) in [4.78, 5) is 44.6. The second kappa shape index (κ2) is 6.71. The molecule has 0 saturated carbocycles. The molecular weight excluding hydrogens is 358 g/mol. The molecule has 3 heterocycles. The number of hydrogen-bond donors (Lipinski definition) is 3. The van der Waals surface area contributed by atoms with Crippen molar-refractivity contribution in [3.63, 3.8) is 0 Å². The van der Waals surface area contributed by atoms with Crippen molar-refractivity contribution in [1.29, 1.82) is 0 Å². The smallest absolute Gasteiger partial charge is 0.347 e. The van der Waals surface area contributed by atoms with Crippen LogP contribution in [0, 0.1) is 13.8 Å². The Hall–Kier alpha value is -3.01. The standard InChI is InChI=1S/C16H17N5O4S/c1-7-10(15(23)21-11(18-7)4-5-17-21)6-12(22)19-9(3)14-20-8(2)13(26-14)16(24)25/h4-5,9,17H,6H2,1-3H3,(H,19,22)(H,24,25). The summed E-state index contributed by atoms with van der Waals surface area (Å²) < 4.78 is 1.28. The van der Waals surface area contributed by atoms with Gasteiger partial charge in [0.25, 0.3) is 5.56 Å². The minimum absolute atomic E-state index is 0.125. The first-order valence-electron chi connectivity index (χ1n) is 7.83. The Morgan fingerprint density at radius 3 is 2.73 bits per heavy atom. The topological polar surface area (TPSA) is 129 Å². The van der Waals surface area contributed by atoms with Crippen LogP contribution in [0.25, 0.3) is 5.65 Å². The number of aromatic nitrogens is 4. The summed E-state index contributed by atoms with van der Waals surface area (Å²) in [6.07, 6.45) is 1.47. The number of nitrogens with one attached hydrogen (secondary N) is 2. The molecule has 1 amide bonds. The molecule has 3 N–H and O–H groups in total. The molecule has 1 atom stereocenters. The van der Waals surface area contributed by atoms with Crippen molar-refractivity contribution in [2.45, 2.75) is 33.2 Å². The number of aromatic carboxylic acids is 1. The highest BCUT2D eigenvalue weighted by Gasteiger charge is 2.20. The van der Waals surface area contributed by atoms with E-state index in [2.05, 4.69) is 20.4 Å². The molecule has 1 unspecified atom stereocenters. The Balaban J connectivity index is 1.78. The zero-order chi connectivity index (χ0) is 19.0. The molecule has 0 bridgehead atoms. The van der Waals surface area contributed by atoms with Crippen molar-refractivity contribution in [2.75, 3.05) is 0 Å². The Labute approximate surface area is 151 Å². The minimum atomic E-state index is -1.04. The average Bonchev–Trinajstić information content (AvgIpc) is 3.17. The van der Waals surface area contributed by atoms with Gasteiger partial charge in [0.05, 0.1) is 18.2 Å². The van der Waals surface area contributed by atoms with E-state index in [1.54, 1.807) is 33.0 Å². The maximum Gasteiger partial charge on any atom is 0.347 e. The number of thiazole rings is 1. The zero-order valence-electron chi connectivity index (χ0n) is 14.4. The van der Waals surface area contributed by atoms with Crippen molar-refractivity contribution in [3.8, 4) is 0 Å². The van der Waals surface area contributed by atoms with Gasteiger partial charge in [0, 0.05) is 23.5 Å². The molecule has 0 fully saturated rings. The van der Waals surface area contributed by atoms with Crippen LogP contribution in [0.2, 0.25) is 0 Å². The van der Waals surface area contributed by atoms with E-state index < -0.39 is 12.0 Å². The average molecular weight is 375 g/mol. The van der Waals surface area contributed by atoms with Crippen LogP contribution in [0.1, 0.15) is 44.6 Å². The van der Waals surface area contributed by atoms with Gasteiger partial charge in [-0.3, -0.25) is 14.7 Å². The van der Waals surface area contributed by atoms with E-state index in [-0.39, 0.29) is 22.8 Å². The molecule has 26 heavy (non-hydrogen) atoms. The number of carbonyl (C=O) groups excluding carboxylic acids is 1. The van der Waals surface area contributed by atoms with Crippen molar-refractivity contribution in [3.05, 3.63) is 49.5 Å². The third kappa shape index (κ3) is 3.23. The number of carboxylic acids is 1. The molecule has 3 aromatic rings. The number of fused-ring (bicyclic) bond motifs is 1. The summed E-state index contributed by atoms with van der Waals surface area (Å²) in [6.45, 7) is 5.01. The van der Waals surface area contributed by atoms with E-state index in [1.807, 2.05) is 0 Å². The molecule has 9 nitrogen and oxygen atoms in total. The van der Waals surface area contributed by atoms with Gasteiger partial charge in [-0.05, 0) is 20.8 Å². The second-order valence-electron chi connectivity index (χ2n) is 5.87. The summed E-state index contributed by atoms with van der Waals surface area (Å²) in [6, 6.07) is 1.20. The first-order valence-corrected chi connectivity index (χ1v) is 8.65. The van der Waals surface area contributed by atoms with Gasteiger partial charge in [0.1, 0.15) is 9.88 Å². The normalized spacial score (nSPS) is 12.3. The number of aromatic amines is 1. The maximum absolute atomic E-state index is 12.5. The first kappa shape index (κ1) is 17.8. The fourth-order valence-corrected chi connectivity index (χ4v) is 3.53. The summed E-state index contributed by atoms with van der Waals surface area (Å²) >= 11 is 1.02. The van der Waals surface area contributed by atoms with Crippen molar-refractivity contribution in [1.82, 2.24) is 24.9 Å². The number of hydrogen-bond acceptors (Lipinski definition) is 6. The van der Waals surface area contributed by atoms with E-state index in [0.29, 0.717) is 27.6 Å². The van der Waals surface area contributed by atoms with Crippen LogP contribution < -0.4 is 10.9 Å². The van der Waals surface area contributed by atoms with Crippen LogP contribution >= 0.6 is 11.3 Å². The SMILES string of the molecule is Cc1nc(C(C)NC(=O)Cc2c(C)nc3cc[nH]n3c2=O)sc1C(=O)O. The molecule has 3 aromatic heterocycles. The first-order chi connectivity index (χ1) is 12.3. The van der Waals surface area contributed by atoms with Gasteiger partial charge in [0.2, 0.25) is 5.91 Å². The predicted molar refractivity (Wildman–Crippen MR) is 94.6 cm³/mol. The molecule has 0 aliphatic heterocycles. The van der Waals surface area contributed by atoms with Gasteiger partial charge in [-0.1, -0.05) is 0 Å². The van der Waals surface area contributed by atoms with Gasteiger partial charge in [0.15, 0.2) is 5.65 Å². The minimum Gasteiger partial charge on any atom is -0.477 e. The third-order valence-electron chi connectivity index (χ3n) is 3.94. The van der Waals surface area contributed by atoms with E-state index in [9.17, 15) is 14.4 Å². The lowest BCUT2D eigenvalue weighted by molar-refractivity contribution is -0.121. The van der Waals surface area contributed by atoms with Gasteiger partial charge >= 0.3 is 5.97 Å².